The van der Waals surface area contributed by atoms with Gasteiger partial charge in [0.2, 0.25) is 5.91 Å². The summed E-state index contributed by atoms with van der Waals surface area (Å²) in [6, 6.07) is 0. The van der Waals surface area contributed by atoms with E-state index in [9.17, 15) is 4.79 Å². The van der Waals surface area contributed by atoms with Crippen molar-refractivity contribution in [1.29, 1.82) is 0 Å². The zero-order chi connectivity index (χ0) is 16.2. The van der Waals surface area contributed by atoms with Crippen LogP contribution >= 0.6 is 0 Å². The molecule has 0 N–H and O–H groups in total. The number of carbonyl (C=O) groups excluding carboxylic acids is 1. The number of piperidine rings is 1. The molecule has 0 aromatic carbocycles. The first-order valence-electron chi connectivity index (χ1n) is 9.47. The summed E-state index contributed by atoms with van der Waals surface area (Å²) in [6.07, 6.45) is 8.01. The molecule has 2 aliphatic rings. The third-order valence-electron chi connectivity index (χ3n) is 5.73. The van der Waals surface area contributed by atoms with Crippen LogP contribution in [-0.2, 0) is 4.79 Å². The van der Waals surface area contributed by atoms with Gasteiger partial charge >= 0.3 is 0 Å². The smallest absolute Gasteiger partial charge is 0.225 e. The Bertz CT molecular complexity index is 350. The number of hydrogen-bond acceptors (Lipinski definition) is 2. The van der Waals surface area contributed by atoms with Crippen LogP contribution in [0.2, 0.25) is 0 Å². The summed E-state index contributed by atoms with van der Waals surface area (Å²) in [5, 5.41) is 0. The Morgan fingerprint density at radius 2 is 1.73 bits per heavy atom. The second-order valence-corrected chi connectivity index (χ2v) is 8.23. The van der Waals surface area contributed by atoms with Crippen LogP contribution in [-0.4, -0.2) is 48.4 Å². The summed E-state index contributed by atoms with van der Waals surface area (Å²) < 4.78 is 0. The molecule has 2 aliphatic heterocycles. The molecule has 3 nitrogen and oxygen atoms in total. The first-order chi connectivity index (χ1) is 10.5. The molecule has 1 unspecified atom stereocenters. The molecule has 3 heteroatoms. The molecule has 128 valence electrons. The summed E-state index contributed by atoms with van der Waals surface area (Å²) in [5.74, 6) is 1.39. The Morgan fingerprint density at radius 3 is 2.27 bits per heavy atom. The van der Waals surface area contributed by atoms with E-state index in [-0.39, 0.29) is 5.92 Å². The molecule has 0 aromatic rings. The van der Waals surface area contributed by atoms with Gasteiger partial charge in [0.05, 0.1) is 0 Å². The Kier molecular flexibility index (Phi) is 6.31. The van der Waals surface area contributed by atoms with Crippen LogP contribution in [0.3, 0.4) is 0 Å². The van der Waals surface area contributed by atoms with Crippen molar-refractivity contribution in [3.05, 3.63) is 0 Å². The molecular weight excluding hydrogens is 272 g/mol. The lowest BCUT2D eigenvalue weighted by Gasteiger charge is -2.54. The van der Waals surface area contributed by atoms with E-state index in [1.807, 2.05) is 13.8 Å². The lowest BCUT2D eigenvalue weighted by Crippen LogP contribution is -2.62. The average molecular weight is 309 g/mol. The van der Waals surface area contributed by atoms with E-state index in [0.717, 1.165) is 19.0 Å². The molecule has 0 bridgehead atoms. The SMILES string of the molecule is CCCC(C)CCCN1CCC2(CC1)CN(C(=O)C(C)C)C2. The topological polar surface area (TPSA) is 23.6 Å². The van der Waals surface area contributed by atoms with Crippen LogP contribution in [0.1, 0.15) is 66.2 Å². The Hall–Kier alpha value is -0.570. The van der Waals surface area contributed by atoms with Crippen molar-refractivity contribution in [2.75, 3.05) is 32.7 Å². The molecule has 0 aliphatic carbocycles. The molecule has 22 heavy (non-hydrogen) atoms. The van der Waals surface area contributed by atoms with Gasteiger partial charge in [-0.2, -0.15) is 0 Å². The predicted molar refractivity (Wildman–Crippen MR) is 92.8 cm³/mol. The van der Waals surface area contributed by atoms with Crippen molar-refractivity contribution < 1.29 is 4.79 Å². The van der Waals surface area contributed by atoms with Crippen LogP contribution in [0, 0.1) is 17.3 Å². The fourth-order valence-electron chi connectivity index (χ4n) is 4.15. The van der Waals surface area contributed by atoms with E-state index in [4.69, 9.17) is 0 Å². The standard InChI is InChI=1S/C19H36N2O/c1-5-7-17(4)8-6-11-20-12-9-19(10-13-20)14-21(15-19)18(22)16(2)3/h16-17H,5-15H2,1-4H3. The normalized spacial score (nSPS) is 22.9. The van der Waals surface area contributed by atoms with Gasteiger partial charge in [0.1, 0.15) is 0 Å². The number of nitrogens with zero attached hydrogens (tertiary/aromatic N) is 2. The minimum atomic E-state index is 0.155. The van der Waals surface area contributed by atoms with Crippen molar-refractivity contribution in [3.8, 4) is 0 Å². The van der Waals surface area contributed by atoms with E-state index >= 15 is 0 Å². The average Bonchev–Trinajstić information content (AvgIpc) is 2.45. The summed E-state index contributed by atoms with van der Waals surface area (Å²) in [4.78, 5) is 16.7. The van der Waals surface area contributed by atoms with Crippen LogP contribution in [0.25, 0.3) is 0 Å². The van der Waals surface area contributed by atoms with Gasteiger partial charge in [0.25, 0.3) is 0 Å². The molecule has 1 amide bonds. The van der Waals surface area contributed by atoms with E-state index in [2.05, 4.69) is 23.6 Å². The molecule has 0 saturated carbocycles. The Morgan fingerprint density at radius 1 is 1.09 bits per heavy atom. The van der Waals surface area contributed by atoms with Gasteiger partial charge in [-0.25, -0.2) is 0 Å². The number of rotatable bonds is 7. The number of hydrogen-bond donors (Lipinski definition) is 0. The Labute approximate surface area is 137 Å². The second-order valence-electron chi connectivity index (χ2n) is 8.23. The first-order valence-corrected chi connectivity index (χ1v) is 9.47. The van der Waals surface area contributed by atoms with Gasteiger partial charge < -0.3 is 9.80 Å². The zero-order valence-corrected chi connectivity index (χ0v) is 15.2. The van der Waals surface area contributed by atoms with Crippen molar-refractivity contribution in [2.45, 2.75) is 66.2 Å². The number of likely N-dealkylation sites (tertiary alicyclic amines) is 2. The van der Waals surface area contributed by atoms with E-state index < -0.39 is 0 Å². The van der Waals surface area contributed by atoms with E-state index in [1.165, 1.54) is 58.2 Å². The lowest BCUT2D eigenvalue weighted by molar-refractivity contribution is -0.150. The Balaban J connectivity index is 1.62. The third-order valence-corrected chi connectivity index (χ3v) is 5.73. The molecule has 0 aromatic heterocycles. The van der Waals surface area contributed by atoms with E-state index in [0.29, 0.717) is 11.3 Å². The summed E-state index contributed by atoms with van der Waals surface area (Å²) >= 11 is 0. The minimum Gasteiger partial charge on any atom is -0.341 e. The summed E-state index contributed by atoms with van der Waals surface area (Å²) in [6.45, 7) is 14.5. The fourth-order valence-corrected chi connectivity index (χ4v) is 4.15. The molecule has 1 spiro atoms. The van der Waals surface area contributed by atoms with Gasteiger partial charge in [-0.3, -0.25) is 4.79 Å². The number of amides is 1. The van der Waals surface area contributed by atoms with Crippen LogP contribution in [0.5, 0.6) is 0 Å². The molecule has 1 atom stereocenters. The fraction of sp³-hybridized carbons (Fsp3) is 0.947. The van der Waals surface area contributed by atoms with Crippen LogP contribution in [0.4, 0.5) is 0 Å². The van der Waals surface area contributed by atoms with Gasteiger partial charge in [-0.05, 0) is 51.2 Å². The molecule has 0 radical (unpaired) electrons. The maximum atomic E-state index is 12.0. The molecule has 2 saturated heterocycles. The van der Waals surface area contributed by atoms with Crippen molar-refractivity contribution in [3.63, 3.8) is 0 Å². The van der Waals surface area contributed by atoms with Gasteiger partial charge in [0.15, 0.2) is 0 Å². The highest BCUT2D eigenvalue weighted by molar-refractivity contribution is 5.79. The predicted octanol–water partition coefficient (Wildman–Crippen LogP) is 3.78. The van der Waals surface area contributed by atoms with Gasteiger partial charge in [-0.15, -0.1) is 0 Å². The summed E-state index contributed by atoms with van der Waals surface area (Å²) in [7, 11) is 0. The van der Waals surface area contributed by atoms with Crippen LogP contribution in [0.15, 0.2) is 0 Å². The monoisotopic (exact) mass is 308 g/mol. The minimum absolute atomic E-state index is 0.155. The highest BCUT2D eigenvalue weighted by Crippen LogP contribution is 2.41. The maximum Gasteiger partial charge on any atom is 0.225 e. The van der Waals surface area contributed by atoms with Crippen LogP contribution < -0.4 is 0 Å². The molecule has 2 rings (SSSR count). The quantitative estimate of drug-likeness (QED) is 0.714. The van der Waals surface area contributed by atoms with E-state index in [1.54, 1.807) is 0 Å². The number of carbonyl (C=O) groups is 1. The lowest BCUT2D eigenvalue weighted by atomic mass is 9.71. The largest absolute Gasteiger partial charge is 0.341 e. The van der Waals surface area contributed by atoms with Gasteiger partial charge in [-0.1, -0.05) is 40.5 Å². The maximum absolute atomic E-state index is 12.0. The van der Waals surface area contributed by atoms with Crippen molar-refractivity contribution in [2.24, 2.45) is 17.3 Å². The zero-order valence-electron chi connectivity index (χ0n) is 15.2. The van der Waals surface area contributed by atoms with Crippen molar-refractivity contribution >= 4 is 5.91 Å². The van der Waals surface area contributed by atoms with Crippen molar-refractivity contribution in [1.82, 2.24) is 9.80 Å². The molecule has 2 heterocycles. The first kappa shape index (κ1) is 17.8. The van der Waals surface area contributed by atoms with Gasteiger partial charge in [0, 0.05) is 24.4 Å². The molecule has 2 fully saturated rings. The third kappa shape index (κ3) is 4.47. The summed E-state index contributed by atoms with van der Waals surface area (Å²) in [5.41, 5.74) is 0.469. The molecular formula is C19H36N2O. The highest BCUT2D eigenvalue weighted by atomic mass is 16.2. The second kappa shape index (κ2) is 7.81. The highest BCUT2D eigenvalue weighted by Gasteiger charge is 2.46.